The lowest BCUT2D eigenvalue weighted by atomic mass is 9.97. The molecule has 0 bridgehead atoms. The molecule has 4 rings (SSSR count). The summed E-state index contributed by atoms with van der Waals surface area (Å²) in [5.74, 6) is -1.75. The lowest BCUT2D eigenvalue weighted by Gasteiger charge is -2.20. The molecule has 0 radical (unpaired) electrons. The Kier molecular flexibility index (Phi) is 6.18. The van der Waals surface area contributed by atoms with Gasteiger partial charge in [-0.05, 0) is 41.0 Å². The number of amides is 1. The number of sulfone groups is 1. The highest BCUT2D eigenvalue weighted by molar-refractivity contribution is 7.89. The van der Waals surface area contributed by atoms with E-state index >= 15 is 0 Å². The van der Waals surface area contributed by atoms with Crippen LogP contribution in [0.3, 0.4) is 0 Å². The third-order valence-electron chi connectivity index (χ3n) is 5.13. The third-order valence-corrected chi connectivity index (χ3v) is 5.99. The van der Waals surface area contributed by atoms with Crippen LogP contribution in [0.25, 0.3) is 11.0 Å². The first-order chi connectivity index (χ1) is 16.0. The zero-order valence-corrected chi connectivity index (χ0v) is 18.7. The average Bonchev–Trinajstić information content (AvgIpc) is 3.21. The van der Waals surface area contributed by atoms with Crippen LogP contribution < -0.4 is 5.32 Å². The third kappa shape index (κ3) is 5.45. The van der Waals surface area contributed by atoms with Gasteiger partial charge in [-0.1, -0.05) is 48.5 Å². The molecular formula is C24H20F3N3O3S. The van der Waals surface area contributed by atoms with Crippen molar-refractivity contribution < 1.29 is 26.4 Å². The predicted octanol–water partition coefficient (Wildman–Crippen LogP) is 4.65. The molecule has 6 nitrogen and oxygen atoms in total. The Balaban J connectivity index is 1.69. The predicted molar refractivity (Wildman–Crippen MR) is 122 cm³/mol. The number of imidazole rings is 1. The fourth-order valence-corrected chi connectivity index (χ4v) is 4.45. The summed E-state index contributed by atoms with van der Waals surface area (Å²) in [5, 5.41) is 2.91. The van der Waals surface area contributed by atoms with Gasteiger partial charge >= 0.3 is 6.18 Å². The minimum absolute atomic E-state index is 0.155. The number of benzene rings is 3. The number of carbonyl (C=O) groups excluding carboxylic acids is 1. The molecule has 3 aromatic carbocycles. The summed E-state index contributed by atoms with van der Waals surface area (Å²) in [5.41, 5.74) is 2.36. The van der Waals surface area contributed by atoms with E-state index in [2.05, 4.69) is 15.3 Å². The second kappa shape index (κ2) is 8.94. The Morgan fingerprint density at radius 2 is 1.74 bits per heavy atom. The minimum atomic E-state index is -4.61. The summed E-state index contributed by atoms with van der Waals surface area (Å²) in [6.07, 6.45) is -3.50. The van der Waals surface area contributed by atoms with Gasteiger partial charge in [0.2, 0.25) is 5.82 Å². The fourth-order valence-electron chi connectivity index (χ4n) is 3.67. The summed E-state index contributed by atoms with van der Waals surface area (Å²) in [4.78, 5) is 19.0. The van der Waals surface area contributed by atoms with Crippen LogP contribution in [-0.4, -0.2) is 30.5 Å². The number of halogens is 3. The topological polar surface area (TPSA) is 91.9 Å². The van der Waals surface area contributed by atoms with E-state index in [0.29, 0.717) is 11.1 Å². The molecule has 2 N–H and O–H groups in total. The van der Waals surface area contributed by atoms with E-state index in [0.717, 1.165) is 11.8 Å². The first-order valence-electron chi connectivity index (χ1n) is 10.2. The molecule has 0 aliphatic rings. The minimum Gasteiger partial charge on any atom is -0.341 e. The normalized spacial score (nSPS) is 13.1. The zero-order valence-electron chi connectivity index (χ0n) is 17.9. The van der Waals surface area contributed by atoms with Crippen molar-refractivity contribution in [3.8, 4) is 0 Å². The van der Waals surface area contributed by atoms with Crippen molar-refractivity contribution in [1.29, 1.82) is 0 Å². The van der Waals surface area contributed by atoms with Crippen LogP contribution in [-0.2, 0) is 21.8 Å². The number of nitrogens with one attached hydrogen (secondary N) is 2. The highest BCUT2D eigenvalue weighted by Crippen LogP contribution is 2.30. The monoisotopic (exact) mass is 487 g/mol. The largest absolute Gasteiger partial charge is 0.449 e. The molecule has 176 valence electrons. The molecule has 1 aromatic heterocycles. The standard InChI is InChI=1S/C24H20F3N3O3S/c1-34(32,33)14-15-6-5-9-18(12-15)22(31)30-21(16-7-3-2-4-8-16)17-10-11-19-20(13-17)29-23(28-19)24(25,26)27/h2-13,21H,14H2,1H3,(H,28,29)(H,30,31). The van der Waals surface area contributed by atoms with Crippen LogP contribution in [0.4, 0.5) is 13.2 Å². The van der Waals surface area contributed by atoms with E-state index in [-0.39, 0.29) is 22.3 Å². The van der Waals surface area contributed by atoms with Gasteiger partial charge in [-0.25, -0.2) is 13.4 Å². The molecule has 1 heterocycles. The number of hydrogen-bond donors (Lipinski definition) is 2. The molecule has 0 saturated heterocycles. The molecule has 0 fully saturated rings. The summed E-state index contributed by atoms with van der Waals surface area (Å²) >= 11 is 0. The van der Waals surface area contributed by atoms with Gasteiger partial charge in [0, 0.05) is 11.8 Å². The van der Waals surface area contributed by atoms with Gasteiger partial charge in [0.05, 0.1) is 22.8 Å². The number of aromatic nitrogens is 2. The number of H-pyrrole nitrogens is 1. The molecule has 0 aliphatic heterocycles. The van der Waals surface area contributed by atoms with E-state index in [1.165, 1.54) is 18.2 Å². The maximum atomic E-state index is 13.1. The second-order valence-electron chi connectivity index (χ2n) is 7.95. The van der Waals surface area contributed by atoms with Crippen molar-refractivity contribution in [1.82, 2.24) is 15.3 Å². The van der Waals surface area contributed by atoms with Crippen LogP contribution in [0.1, 0.15) is 38.9 Å². The molecule has 1 atom stereocenters. The van der Waals surface area contributed by atoms with Crippen molar-refractivity contribution in [2.75, 3.05) is 6.26 Å². The number of fused-ring (bicyclic) bond motifs is 1. The Labute approximate surface area is 193 Å². The second-order valence-corrected chi connectivity index (χ2v) is 10.1. The summed E-state index contributed by atoms with van der Waals surface area (Å²) in [7, 11) is -3.28. The van der Waals surface area contributed by atoms with Crippen LogP contribution >= 0.6 is 0 Å². The lowest BCUT2D eigenvalue weighted by Crippen LogP contribution is -2.29. The van der Waals surface area contributed by atoms with Crippen molar-refractivity contribution in [2.45, 2.75) is 18.0 Å². The first kappa shape index (κ1) is 23.5. The smallest absolute Gasteiger partial charge is 0.341 e. The number of alkyl halides is 3. The van der Waals surface area contributed by atoms with E-state index in [4.69, 9.17) is 0 Å². The molecular weight excluding hydrogens is 467 g/mol. The Morgan fingerprint density at radius 1 is 1.00 bits per heavy atom. The molecule has 34 heavy (non-hydrogen) atoms. The van der Waals surface area contributed by atoms with Gasteiger partial charge in [0.25, 0.3) is 5.91 Å². The van der Waals surface area contributed by atoms with Crippen molar-refractivity contribution in [2.24, 2.45) is 0 Å². The Morgan fingerprint density at radius 3 is 2.41 bits per heavy atom. The summed E-state index contributed by atoms with van der Waals surface area (Å²) in [6.45, 7) is 0. The summed E-state index contributed by atoms with van der Waals surface area (Å²) < 4.78 is 62.4. The fraction of sp³-hybridized carbons (Fsp3) is 0.167. The van der Waals surface area contributed by atoms with Gasteiger partial charge < -0.3 is 10.3 Å². The highest BCUT2D eigenvalue weighted by atomic mass is 32.2. The van der Waals surface area contributed by atoms with Gasteiger partial charge in [-0.3, -0.25) is 4.79 Å². The molecule has 1 amide bonds. The van der Waals surface area contributed by atoms with Crippen LogP contribution in [0, 0.1) is 0 Å². The number of nitrogens with zero attached hydrogens (tertiary/aromatic N) is 1. The van der Waals surface area contributed by atoms with Gasteiger partial charge in [0.1, 0.15) is 0 Å². The van der Waals surface area contributed by atoms with Crippen LogP contribution in [0.15, 0.2) is 72.8 Å². The molecule has 10 heteroatoms. The van der Waals surface area contributed by atoms with E-state index in [1.54, 1.807) is 48.5 Å². The molecule has 0 aliphatic carbocycles. The zero-order chi connectivity index (χ0) is 24.5. The van der Waals surface area contributed by atoms with Crippen molar-refractivity contribution in [3.05, 3.63) is 101 Å². The quantitative estimate of drug-likeness (QED) is 0.414. The Bertz CT molecular complexity index is 1450. The SMILES string of the molecule is CS(=O)(=O)Cc1cccc(C(=O)NC(c2ccccc2)c2ccc3nc(C(F)(F)F)[nH]c3c2)c1. The van der Waals surface area contributed by atoms with Gasteiger partial charge in [-0.2, -0.15) is 13.2 Å². The number of carbonyl (C=O) groups is 1. The summed E-state index contributed by atoms with van der Waals surface area (Å²) in [6, 6.07) is 19.2. The van der Waals surface area contributed by atoms with Gasteiger partial charge in [-0.15, -0.1) is 0 Å². The maximum Gasteiger partial charge on any atom is 0.449 e. The molecule has 0 spiro atoms. The van der Waals surface area contributed by atoms with Gasteiger partial charge in [0.15, 0.2) is 9.84 Å². The number of hydrogen-bond acceptors (Lipinski definition) is 4. The van der Waals surface area contributed by atoms with E-state index < -0.39 is 33.8 Å². The maximum absolute atomic E-state index is 13.1. The van der Waals surface area contributed by atoms with Crippen molar-refractivity contribution in [3.63, 3.8) is 0 Å². The average molecular weight is 488 g/mol. The van der Waals surface area contributed by atoms with Crippen LogP contribution in [0.5, 0.6) is 0 Å². The molecule has 0 saturated carbocycles. The first-order valence-corrected chi connectivity index (χ1v) is 12.2. The number of rotatable bonds is 6. The highest BCUT2D eigenvalue weighted by Gasteiger charge is 2.34. The number of aromatic amines is 1. The molecule has 1 unspecified atom stereocenters. The lowest BCUT2D eigenvalue weighted by molar-refractivity contribution is -0.144. The van der Waals surface area contributed by atoms with Crippen LogP contribution in [0.2, 0.25) is 0 Å². The van der Waals surface area contributed by atoms with E-state index in [9.17, 15) is 26.4 Å². The Hall–Kier alpha value is -3.66. The molecule has 4 aromatic rings. The van der Waals surface area contributed by atoms with E-state index in [1.807, 2.05) is 6.07 Å². The van der Waals surface area contributed by atoms with Crippen molar-refractivity contribution >= 4 is 26.8 Å².